The molecule has 0 aromatic heterocycles. The minimum Gasteiger partial charge on any atom is -0.490 e. The van der Waals surface area contributed by atoms with Gasteiger partial charge >= 0.3 is 0 Å². The number of halogens is 1. The molecular formula is C20H22FN3O6S. The molecule has 0 unspecified atom stereocenters. The van der Waals surface area contributed by atoms with Crippen LogP contribution < -0.4 is 20.1 Å². The van der Waals surface area contributed by atoms with Crippen LogP contribution in [0.4, 0.5) is 15.8 Å². The van der Waals surface area contributed by atoms with Gasteiger partial charge in [-0.2, -0.15) is 4.31 Å². The Hall–Kier alpha value is -3.18. The lowest BCUT2D eigenvalue weighted by Gasteiger charge is -2.18. The number of hydrogen-bond acceptors (Lipinski definition) is 6. The molecule has 2 amide bonds. The summed E-state index contributed by atoms with van der Waals surface area (Å²) >= 11 is 0. The predicted octanol–water partition coefficient (Wildman–Crippen LogP) is 2.20. The van der Waals surface area contributed by atoms with Gasteiger partial charge in [-0.1, -0.05) is 0 Å². The molecule has 31 heavy (non-hydrogen) atoms. The highest BCUT2D eigenvalue weighted by Crippen LogP contribution is 2.32. The number of hydrogen-bond donors (Lipinski definition) is 2. The second-order valence-electron chi connectivity index (χ2n) is 6.84. The lowest BCUT2D eigenvalue weighted by molar-refractivity contribution is -0.116. The molecule has 2 N–H and O–H groups in total. The van der Waals surface area contributed by atoms with Crippen molar-refractivity contribution in [1.82, 2.24) is 4.31 Å². The van der Waals surface area contributed by atoms with Crippen molar-refractivity contribution in [1.29, 1.82) is 0 Å². The quantitative estimate of drug-likeness (QED) is 0.696. The van der Waals surface area contributed by atoms with Crippen LogP contribution in [0.25, 0.3) is 0 Å². The van der Waals surface area contributed by atoms with E-state index in [-0.39, 0.29) is 16.3 Å². The molecule has 2 aromatic rings. The number of nitrogens with one attached hydrogen (secondary N) is 2. The van der Waals surface area contributed by atoms with E-state index in [0.717, 1.165) is 10.4 Å². The minimum atomic E-state index is -3.98. The minimum absolute atomic E-state index is 0.0400. The van der Waals surface area contributed by atoms with Crippen LogP contribution in [0.1, 0.15) is 13.3 Å². The van der Waals surface area contributed by atoms with Gasteiger partial charge in [-0.15, -0.1) is 0 Å². The molecular weight excluding hydrogens is 429 g/mol. The fraction of sp³-hybridized carbons (Fsp3) is 0.300. The summed E-state index contributed by atoms with van der Waals surface area (Å²) in [5.41, 5.74) is 0.106. The van der Waals surface area contributed by atoms with Crippen LogP contribution in [0.5, 0.6) is 11.5 Å². The Morgan fingerprint density at radius 2 is 1.77 bits per heavy atom. The molecule has 0 saturated carbocycles. The molecule has 0 fully saturated rings. The number of carbonyl (C=O) groups is 2. The summed E-state index contributed by atoms with van der Waals surface area (Å²) in [7, 11) is -2.71. The maximum atomic E-state index is 13.7. The summed E-state index contributed by atoms with van der Waals surface area (Å²) in [5, 5.41) is 4.80. The predicted molar refractivity (Wildman–Crippen MR) is 111 cm³/mol. The van der Waals surface area contributed by atoms with Crippen molar-refractivity contribution in [2.45, 2.75) is 18.2 Å². The number of amides is 2. The van der Waals surface area contributed by atoms with E-state index >= 15 is 0 Å². The monoisotopic (exact) mass is 451 g/mol. The van der Waals surface area contributed by atoms with E-state index in [9.17, 15) is 22.4 Å². The topological polar surface area (TPSA) is 114 Å². The molecule has 1 aliphatic heterocycles. The normalized spacial score (nSPS) is 13.4. The molecule has 0 saturated heterocycles. The van der Waals surface area contributed by atoms with Crippen LogP contribution in [0.2, 0.25) is 0 Å². The number of likely N-dealkylation sites (N-methyl/N-ethyl adjacent to an activating group) is 1. The third kappa shape index (κ3) is 5.50. The van der Waals surface area contributed by atoms with E-state index in [1.165, 1.54) is 44.3 Å². The number of ether oxygens (including phenoxy) is 2. The molecule has 3 rings (SSSR count). The highest BCUT2D eigenvalue weighted by atomic mass is 32.2. The first-order valence-corrected chi connectivity index (χ1v) is 10.8. The van der Waals surface area contributed by atoms with Crippen LogP contribution >= 0.6 is 0 Å². The summed E-state index contributed by atoms with van der Waals surface area (Å²) < 4.78 is 51.4. The Balaban J connectivity index is 1.70. The molecule has 0 spiro atoms. The number of sulfonamides is 1. The standard InChI is InChI=1S/C20H22FN3O6S/c1-13(25)22-17-10-14(4-6-16(17)21)23-20(26)12-24(2)31(27,28)15-5-7-18-19(11-15)30-9-3-8-29-18/h4-7,10-11H,3,8-9,12H2,1-2H3,(H,22,25)(H,23,26). The van der Waals surface area contributed by atoms with Crippen LogP contribution in [0.3, 0.4) is 0 Å². The van der Waals surface area contributed by atoms with Gasteiger partial charge in [-0.25, -0.2) is 12.8 Å². The van der Waals surface area contributed by atoms with Gasteiger partial charge in [0.1, 0.15) is 5.82 Å². The molecule has 0 radical (unpaired) electrons. The van der Waals surface area contributed by atoms with Crippen molar-refractivity contribution in [3.05, 3.63) is 42.2 Å². The average Bonchev–Trinajstić information content (AvgIpc) is 2.94. The third-order valence-corrected chi connectivity index (χ3v) is 6.15. The van der Waals surface area contributed by atoms with Crippen molar-refractivity contribution >= 4 is 33.2 Å². The Kier molecular flexibility index (Phi) is 6.76. The molecule has 2 aromatic carbocycles. The van der Waals surface area contributed by atoms with Crippen LogP contribution in [-0.2, 0) is 19.6 Å². The SMILES string of the molecule is CC(=O)Nc1cc(NC(=O)CN(C)S(=O)(=O)c2ccc3c(c2)OCCCO3)ccc1F. The molecule has 166 valence electrons. The lowest BCUT2D eigenvalue weighted by atomic mass is 10.2. The van der Waals surface area contributed by atoms with E-state index in [2.05, 4.69) is 10.6 Å². The Labute approximate surface area is 179 Å². The van der Waals surface area contributed by atoms with E-state index in [1.807, 2.05) is 0 Å². The fourth-order valence-corrected chi connectivity index (χ4v) is 4.00. The van der Waals surface area contributed by atoms with Gasteiger partial charge in [0.25, 0.3) is 0 Å². The second-order valence-corrected chi connectivity index (χ2v) is 8.89. The van der Waals surface area contributed by atoms with Gasteiger partial charge in [0.2, 0.25) is 21.8 Å². The Morgan fingerprint density at radius 3 is 2.48 bits per heavy atom. The number of fused-ring (bicyclic) bond motifs is 1. The van der Waals surface area contributed by atoms with Crippen molar-refractivity contribution in [2.24, 2.45) is 0 Å². The molecule has 0 aliphatic carbocycles. The smallest absolute Gasteiger partial charge is 0.243 e. The average molecular weight is 451 g/mol. The van der Waals surface area contributed by atoms with E-state index < -0.39 is 34.2 Å². The van der Waals surface area contributed by atoms with E-state index in [4.69, 9.17) is 9.47 Å². The van der Waals surface area contributed by atoms with Crippen LogP contribution in [-0.4, -0.2) is 51.3 Å². The highest BCUT2D eigenvalue weighted by molar-refractivity contribution is 7.89. The molecule has 1 aliphatic rings. The number of nitrogens with zero attached hydrogens (tertiary/aromatic N) is 1. The Bertz CT molecular complexity index is 1110. The summed E-state index contributed by atoms with van der Waals surface area (Å²) in [5.74, 6) is -0.984. The number of benzene rings is 2. The summed E-state index contributed by atoms with van der Waals surface area (Å²) in [4.78, 5) is 23.5. The zero-order valence-electron chi connectivity index (χ0n) is 17.0. The second kappa shape index (κ2) is 9.31. The Morgan fingerprint density at radius 1 is 1.06 bits per heavy atom. The van der Waals surface area contributed by atoms with Crippen LogP contribution in [0, 0.1) is 5.82 Å². The van der Waals surface area contributed by atoms with Gasteiger partial charge < -0.3 is 20.1 Å². The summed E-state index contributed by atoms with van der Waals surface area (Å²) in [6.07, 6.45) is 0.684. The first-order chi connectivity index (χ1) is 14.7. The maximum Gasteiger partial charge on any atom is 0.243 e. The zero-order chi connectivity index (χ0) is 22.6. The summed E-state index contributed by atoms with van der Waals surface area (Å²) in [6, 6.07) is 7.90. The lowest BCUT2D eigenvalue weighted by Crippen LogP contribution is -2.35. The molecule has 0 atom stereocenters. The fourth-order valence-electron chi connectivity index (χ4n) is 2.86. The van der Waals surface area contributed by atoms with Crippen molar-refractivity contribution in [3.63, 3.8) is 0 Å². The van der Waals surface area contributed by atoms with Gasteiger partial charge in [0, 0.05) is 32.1 Å². The maximum absolute atomic E-state index is 13.7. The van der Waals surface area contributed by atoms with Crippen LogP contribution in [0.15, 0.2) is 41.3 Å². The number of carbonyl (C=O) groups excluding carboxylic acids is 2. The number of anilines is 2. The highest BCUT2D eigenvalue weighted by Gasteiger charge is 2.25. The van der Waals surface area contributed by atoms with Crippen molar-refractivity contribution in [2.75, 3.05) is 37.4 Å². The molecule has 11 heteroatoms. The largest absolute Gasteiger partial charge is 0.490 e. The van der Waals surface area contributed by atoms with E-state index in [1.54, 1.807) is 0 Å². The van der Waals surface area contributed by atoms with Crippen molar-refractivity contribution < 1.29 is 31.9 Å². The molecule has 0 bridgehead atoms. The third-order valence-electron chi connectivity index (χ3n) is 4.35. The first-order valence-electron chi connectivity index (χ1n) is 9.40. The summed E-state index contributed by atoms with van der Waals surface area (Å²) in [6.45, 7) is 1.63. The van der Waals surface area contributed by atoms with Gasteiger partial charge in [-0.05, 0) is 30.3 Å². The van der Waals surface area contributed by atoms with Gasteiger partial charge in [-0.3, -0.25) is 9.59 Å². The molecule has 1 heterocycles. The number of rotatable bonds is 6. The molecule has 9 nitrogen and oxygen atoms in total. The first kappa shape index (κ1) is 22.5. The van der Waals surface area contributed by atoms with Crippen molar-refractivity contribution in [3.8, 4) is 11.5 Å². The van der Waals surface area contributed by atoms with Gasteiger partial charge in [0.05, 0.1) is 30.3 Å². The zero-order valence-corrected chi connectivity index (χ0v) is 17.8. The van der Waals surface area contributed by atoms with Gasteiger partial charge in [0.15, 0.2) is 11.5 Å². The van der Waals surface area contributed by atoms with E-state index in [0.29, 0.717) is 31.1 Å².